The molecule has 0 fully saturated rings. The van der Waals surface area contributed by atoms with Crippen molar-refractivity contribution in [3.05, 3.63) is 78.1 Å². The third-order valence-corrected chi connectivity index (χ3v) is 7.25. The van der Waals surface area contributed by atoms with Crippen LogP contribution in [-0.2, 0) is 20.0 Å². The van der Waals surface area contributed by atoms with Crippen molar-refractivity contribution in [3.8, 4) is 23.0 Å². The number of anilines is 2. The molecule has 4 aromatic rings. The highest BCUT2D eigenvalue weighted by Crippen LogP contribution is 2.33. The van der Waals surface area contributed by atoms with Gasteiger partial charge in [-0.1, -0.05) is 30.2 Å². The molecule has 0 spiro atoms. The van der Waals surface area contributed by atoms with E-state index in [1.807, 2.05) is 0 Å². The zero-order valence-corrected chi connectivity index (χ0v) is 20.6. The SMILES string of the molecule is O=S(=O)(Nc1ccc(C#Cc2nc3ccc(-c4ccccc4NS(=O)(=O)C(F)(F)F)cc3[nH]2)cc1)C(F)(F)F. The number of para-hydroxylation sites is 1. The van der Waals surface area contributed by atoms with E-state index in [0.717, 1.165) is 12.1 Å². The monoisotopic (exact) mass is 588 g/mol. The van der Waals surface area contributed by atoms with Crippen LogP contribution in [0.15, 0.2) is 66.7 Å². The Labute approximate surface area is 217 Å². The maximum atomic E-state index is 12.8. The topological polar surface area (TPSA) is 121 Å². The largest absolute Gasteiger partial charge is 0.516 e. The van der Waals surface area contributed by atoms with Crippen molar-refractivity contribution in [3.63, 3.8) is 0 Å². The molecule has 39 heavy (non-hydrogen) atoms. The molecule has 3 aromatic carbocycles. The lowest BCUT2D eigenvalue weighted by Crippen LogP contribution is -2.30. The van der Waals surface area contributed by atoms with E-state index in [-0.39, 0.29) is 22.8 Å². The molecule has 204 valence electrons. The van der Waals surface area contributed by atoms with E-state index in [9.17, 15) is 43.2 Å². The molecule has 0 radical (unpaired) electrons. The average Bonchev–Trinajstić information content (AvgIpc) is 3.24. The summed E-state index contributed by atoms with van der Waals surface area (Å²) in [7, 11) is -11.2. The van der Waals surface area contributed by atoms with Gasteiger partial charge in [0, 0.05) is 16.8 Å². The van der Waals surface area contributed by atoms with Gasteiger partial charge in [-0.2, -0.15) is 43.2 Å². The summed E-state index contributed by atoms with van der Waals surface area (Å²) in [4.78, 5) is 7.17. The number of fused-ring (bicyclic) bond motifs is 1. The zero-order valence-electron chi connectivity index (χ0n) is 19.0. The number of hydrogen-bond donors (Lipinski definition) is 3. The maximum absolute atomic E-state index is 12.8. The number of alkyl halides is 6. The highest BCUT2D eigenvalue weighted by molar-refractivity contribution is 7.93. The molecule has 0 bridgehead atoms. The summed E-state index contributed by atoms with van der Waals surface area (Å²) < 4.78 is 124. The van der Waals surface area contributed by atoms with Gasteiger partial charge in [0.1, 0.15) is 0 Å². The molecule has 0 saturated carbocycles. The molecule has 1 heterocycles. The first-order valence-corrected chi connectivity index (χ1v) is 13.4. The predicted molar refractivity (Wildman–Crippen MR) is 131 cm³/mol. The van der Waals surface area contributed by atoms with Crippen LogP contribution in [0.25, 0.3) is 22.2 Å². The number of rotatable bonds is 5. The molecule has 8 nitrogen and oxygen atoms in total. The van der Waals surface area contributed by atoms with Crippen molar-refractivity contribution in [1.29, 1.82) is 0 Å². The maximum Gasteiger partial charge on any atom is 0.516 e. The molecule has 0 unspecified atom stereocenters. The minimum Gasteiger partial charge on any atom is -0.331 e. The first kappa shape index (κ1) is 27.8. The van der Waals surface area contributed by atoms with Crippen LogP contribution < -0.4 is 9.44 Å². The minimum atomic E-state index is -5.64. The lowest BCUT2D eigenvalue weighted by molar-refractivity contribution is -0.0435. The van der Waals surface area contributed by atoms with Crippen molar-refractivity contribution in [2.45, 2.75) is 11.0 Å². The van der Waals surface area contributed by atoms with Gasteiger partial charge in [-0.05, 0) is 53.9 Å². The van der Waals surface area contributed by atoms with E-state index in [1.165, 1.54) is 53.3 Å². The number of nitrogens with one attached hydrogen (secondary N) is 3. The Morgan fingerprint density at radius 3 is 2.00 bits per heavy atom. The Kier molecular flexibility index (Phi) is 7.00. The fourth-order valence-electron chi connectivity index (χ4n) is 3.23. The van der Waals surface area contributed by atoms with Crippen LogP contribution in [0.4, 0.5) is 37.7 Å². The Morgan fingerprint density at radius 2 is 1.36 bits per heavy atom. The summed E-state index contributed by atoms with van der Waals surface area (Å²) >= 11 is 0. The molecule has 1 aromatic heterocycles. The standard InChI is InChI=1S/C23H14F6N4O4S2/c24-22(25,26)38(34,35)32-16-9-5-14(6-10-16)7-12-21-30-19-11-8-15(13-20(19)31-21)17-3-1-2-4-18(17)33-39(36,37)23(27,28)29/h1-6,8-11,13,32-33H,(H,30,31). The minimum absolute atomic E-state index is 0.176. The summed E-state index contributed by atoms with van der Waals surface area (Å²) in [6.45, 7) is 0. The molecule has 0 atom stereocenters. The van der Waals surface area contributed by atoms with Crippen LogP contribution in [-0.4, -0.2) is 37.8 Å². The van der Waals surface area contributed by atoms with Crippen LogP contribution >= 0.6 is 0 Å². The highest BCUT2D eigenvalue weighted by atomic mass is 32.2. The lowest BCUT2D eigenvalue weighted by atomic mass is 10.0. The van der Waals surface area contributed by atoms with Crippen LogP contribution in [0.1, 0.15) is 11.4 Å². The quantitative estimate of drug-likeness (QED) is 0.220. The first-order chi connectivity index (χ1) is 18.1. The van der Waals surface area contributed by atoms with Crippen molar-refractivity contribution in [2.75, 3.05) is 9.44 Å². The van der Waals surface area contributed by atoms with E-state index in [4.69, 9.17) is 0 Å². The molecule has 3 N–H and O–H groups in total. The van der Waals surface area contributed by atoms with Gasteiger partial charge in [-0.15, -0.1) is 0 Å². The zero-order chi connectivity index (χ0) is 28.6. The van der Waals surface area contributed by atoms with Gasteiger partial charge >= 0.3 is 31.1 Å². The molecule has 0 aliphatic carbocycles. The summed E-state index contributed by atoms with van der Waals surface area (Å²) in [5.74, 6) is 5.60. The lowest BCUT2D eigenvalue weighted by Gasteiger charge is -2.14. The number of sulfonamides is 2. The number of H-pyrrole nitrogens is 1. The predicted octanol–water partition coefficient (Wildman–Crippen LogP) is 5.15. The number of benzene rings is 3. The number of imidazole rings is 1. The van der Waals surface area contributed by atoms with Gasteiger partial charge in [0.2, 0.25) is 0 Å². The van der Waals surface area contributed by atoms with Crippen molar-refractivity contribution in [2.24, 2.45) is 0 Å². The summed E-state index contributed by atoms with van der Waals surface area (Å²) in [5.41, 5.74) is -9.81. The van der Waals surface area contributed by atoms with Crippen LogP contribution in [0.5, 0.6) is 0 Å². The van der Waals surface area contributed by atoms with Gasteiger partial charge in [0.15, 0.2) is 5.82 Å². The third-order valence-electron chi connectivity index (χ3n) is 5.04. The molecule has 0 aliphatic rings. The molecule has 0 saturated heterocycles. The molecule has 4 rings (SSSR count). The van der Waals surface area contributed by atoms with E-state index in [1.54, 1.807) is 10.8 Å². The Bertz CT molecular complexity index is 1820. The summed E-state index contributed by atoms with van der Waals surface area (Å²) in [5, 5.41) is 0. The number of aromatic amines is 1. The van der Waals surface area contributed by atoms with Gasteiger partial charge in [0.25, 0.3) is 0 Å². The second kappa shape index (κ2) is 9.82. The Balaban J connectivity index is 1.57. The average molecular weight is 589 g/mol. The fraction of sp³-hybridized carbons (Fsp3) is 0.0870. The van der Waals surface area contributed by atoms with Gasteiger partial charge < -0.3 is 4.98 Å². The van der Waals surface area contributed by atoms with Crippen LogP contribution in [0.2, 0.25) is 0 Å². The van der Waals surface area contributed by atoms with Crippen molar-refractivity contribution < 1.29 is 43.2 Å². The van der Waals surface area contributed by atoms with Crippen molar-refractivity contribution >= 4 is 42.5 Å². The van der Waals surface area contributed by atoms with Gasteiger partial charge in [0.05, 0.1) is 16.7 Å². The van der Waals surface area contributed by atoms with Crippen LogP contribution in [0.3, 0.4) is 0 Å². The third kappa shape index (κ3) is 6.10. The van der Waals surface area contributed by atoms with E-state index < -0.39 is 31.1 Å². The number of halogens is 6. The van der Waals surface area contributed by atoms with Gasteiger partial charge in [-0.3, -0.25) is 9.44 Å². The van der Waals surface area contributed by atoms with E-state index >= 15 is 0 Å². The second-order valence-electron chi connectivity index (χ2n) is 7.79. The Morgan fingerprint density at radius 1 is 0.744 bits per heavy atom. The first-order valence-electron chi connectivity index (χ1n) is 10.5. The second-order valence-corrected chi connectivity index (χ2v) is 11.1. The molecular weight excluding hydrogens is 574 g/mol. The normalized spacial score (nSPS) is 12.6. The van der Waals surface area contributed by atoms with E-state index in [2.05, 4.69) is 21.8 Å². The smallest absolute Gasteiger partial charge is 0.331 e. The summed E-state index contributed by atoms with van der Waals surface area (Å²) in [6.07, 6.45) is 0. The number of hydrogen-bond acceptors (Lipinski definition) is 5. The number of aromatic nitrogens is 2. The van der Waals surface area contributed by atoms with Crippen molar-refractivity contribution in [1.82, 2.24) is 9.97 Å². The van der Waals surface area contributed by atoms with Crippen LogP contribution in [0, 0.1) is 11.8 Å². The molecule has 0 aliphatic heterocycles. The van der Waals surface area contributed by atoms with Gasteiger partial charge in [-0.25, -0.2) is 4.98 Å². The Hall–Kier alpha value is -4.23. The molecule has 0 amide bonds. The fourth-order valence-corrected chi connectivity index (χ4v) is 4.37. The highest BCUT2D eigenvalue weighted by Gasteiger charge is 2.46. The van der Waals surface area contributed by atoms with E-state index in [0.29, 0.717) is 22.2 Å². The molecule has 16 heteroatoms. The molecular formula is C23H14F6N4O4S2. The summed E-state index contributed by atoms with van der Waals surface area (Å²) in [6, 6.07) is 14.9. The number of nitrogens with zero attached hydrogens (tertiary/aromatic N) is 1.